The summed E-state index contributed by atoms with van der Waals surface area (Å²) in [5.41, 5.74) is 3.58. The molecule has 0 unspecified atom stereocenters. The van der Waals surface area contributed by atoms with Crippen LogP contribution in [0.3, 0.4) is 0 Å². The van der Waals surface area contributed by atoms with Crippen LogP contribution in [0.2, 0.25) is 0 Å². The summed E-state index contributed by atoms with van der Waals surface area (Å²) in [5.74, 6) is 0.628. The van der Waals surface area contributed by atoms with Crippen LogP contribution in [0.5, 0.6) is 0 Å². The molecule has 0 saturated heterocycles. The van der Waals surface area contributed by atoms with Crippen molar-refractivity contribution in [1.82, 2.24) is 19.9 Å². The third-order valence-electron chi connectivity index (χ3n) is 4.56. The van der Waals surface area contributed by atoms with E-state index < -0.39 is 6.04 Å². The van der Waals surface area contributed by atoms with Crippen LogP contribution < -0.4 is 10.6 Å². The number of nitrogens with zero attached hydrogens (tertiary/aromatic N) is 3. The van der Waals surface area contributed by atoms with E-state index in [-0.39, 0.29) is 5.91 Å². The lowest BCUT2D eigenvalue weighted by Gasteiger charge is -2.18. The SMILES string of the molecule is Cc1ccc(NC(=O)[C@H](NCc2nnc3ccccn23)c2ccccc2)cc1. The Morgan fingerprint density at radius 3 is 2.50 bits per heavy atom. The van der Waals surface area contributed by atoms with Gasteiger partial charge in [0.25, 0.3) is 0 Å². The predicted molar refractivity (Wildman–Crippen MR) is 109 cm³/mol. The van der Waals surface area contributed by atoms with Gasteiger partial charge in [0.15, 0.2) is 11.5 Å². The zero-order valence-electron chi connectivity index (χ0n) is 15.5. The van der Waals surface area contributed by atoms with Crippen LogP contribution >= 0.6 is 0 Å². The monoisotopic (exact) mass is 371 g/mol. The lowest BCUT2D eigenvalue weighted by Crippen LogP contribution is -2.33. The topological polar surface area (TPSA) is 71.3 Å². The lowest BCUT2D eigenvalue weighted by molar-refractivity contribution is -0.118. The fraction of sp³-hybridized carbons (Fsp3) is 0.136. The van der Waals surface area contributed by atoms with Crippen molar-refractivity contribution < 1.29 is 4.79 Å². The van der Waals surface area contributed by atoms with Gasteiger partial charge in [0.2, 0.25) is 5.91 Å². The summed E-state index contributed by atoms with van der Waals surface area (Å²) in [6.07, 6.45) is 1.91. The second-order valence-electron chi connectivity index (χ2n) is 6.62. The van der Waals surface area contributed by atoms with Crippen LogP contribution in [0.4, 0.5) is 5.69 Å². The molecule has 2 heterocycles. The summed E-state index contributed by atoms with van der Waals surface area (Å²) in [7, 11) is 0. The molecule has 0 fully saturated rings. The average molecular weight is 371 g/mol. The van der Waals surface area contributed by atoms with Gasteiger partial charge in [-0.15, -0.1) is 10.2 Å². The molecule has 0 aliphatic rings. The van der Waals surface area contributed by atoms with E-state index in [2.05, 4.69) is 20.8 Å². The van der Waals surface area contributed by atoms with Gasteiger partial charge >= 0.3 is 0 Å². The fourth-order valence-corrected chi connectivity index (χ4v) is 3.06. The molecule has 2 aromatic carbocycles. The maximum Gasteiger partial charge on any atom is 0.246 e. The van der Waals surface area contributed by atoms with E-state index in [1.165, 1.54) is 0 Å². The van der Waals surface area contributed by atoms with Gasteiger partial charge in [-0.05, 0) is 36.8 Å². The molecular formula is C22H21N5O. The van der Waals surface area contributed by atoms with E-state index in [9.17, 15) is 4.79 Å². The summed E-state index contributed by atoms with van der Waals surface area (Å²) in [4.78, 5) is 13.0. The Morgan fingerprint density at radius 1 is 0.964 bits per heavy atom. The highest BCUT2D eigenvalue weighted by atomic mass is 16.2. The van der Waals surface area contributed by atoms with Gasteiger partial charge < -0.3 is 5.32 Å². The van der Waals surface area contributed by atoms with Crippen molar-refractivity contribution >= 4 is 17.2 Å². The van der Waals surface area contributed by atoms with E-state index >= 15 is 0 Å². The van der Waals surface area contributed by atoms with Gasteiger partial charge in [-0.2, -0.15) is 0 Å². The quantitative estimate of drug-likeness (QED) is 0.544. The maximum atomic E-state index is 13.0. The number of pyridine rings is 1. The number of aromatic nitrogens is 3. The first kappa shape index (κ1) is 17.9. The molecule has 4 aromatic rings. The van der Waals surface area contributed by atoms with Gasteiger partial charge in [0, 0.05) is 11.9 Å². The molecule has 4 rings (SSSR count). The number of anilines is 1. The first-order valence-electron chi connectivity index (χ1n) is 9.15. The van der Waals surface area contributed by atoms with Gasteiger partial charge in [0.05, 0.1) is 6.54 Å². The standard InChI is InChI=1S/C22H21N5O/c1-16-10-12-18(13-11-16)24-22(28)21(17-7-3-2-4-8-17)23-15-20-26-25-19-9-5-6-14-27(19)20/h2-14,21,23H,15H2,1H3,(H,24,28)/t21-/m1/s1. The van der Waals surface area contributed by atoms with E-state index in [4.69, 9.17) is 0 Å². The summed E-state index contributed by atoms with van der Waals surface area (Å²) in [6.45, 7) is 2.43. The van der Waals surface area contributed by atoms with Crippen molar-refractivity contribution in [3.8, 4) is 0 Å². The second-order valence-corrected chi connectivity index (χ2v) is 6.62. The first-order chi connectivity index (χ1) is 13.7. The molecule has 0 spiro atoms. The van der Waals surface area contributed by atoms with Crippen molar-refractivity contribution in [3.63, 3.8) is 0 Å². The molecule has 0 aliphatic heterocycles. The lowest BCUT2D eigenvalue weighted by atomic mass is 10.1. The number of rotatable bonds is 6. The summed E-state index contributed by atoms with van der Waals surface area (Å²) < 4.78 is 1.91. The average Bonchev–Trinajstić information content (AvgIpc) is 3.14. The molecule has 1 amide bonds. The van der Waals surface area contributed by atoms with Crippen LogP contribution in [0.1, 0.15) is 23.0 Å². The number of amides is 1. The number of carbonyl (C=O) groups is 1. The zero-order valence-corrected chi connectivity index (χ0v) is 15.5. The molecule has 28 heavy (non-hydrogen) atoms. The van der Waals surface area contributed by atoms with Crippen LogP contribution in [0.15, 0.2) is 79.0 Å². The highest BCUT2D eigenvalue weighted by molar-refractivity contribution is 5.95. The van der Waals surface area contributed by atoms with E-state index in [0.717, 1.165) is 28.3 Å². The molecule has 6 nitrogen and oxygen atoms in total. The van der Waals surface area contributed by atoms with Crippen molar-refractivity contribution in [2.75, 3.05) is 5.32 Å². The van der Waals surface area contributed by atoms with E-state index in [1.54, 1.807) is 0 Å². The second kappa shape index (κ2) is 8.02. The zero-order chi connectivity index (χ0) is 19.3. The Balaban J connectivity index is 1.55. The number of hydrogen-bond acceptors (Lipinski definition) is 4. The number of benzene rings is 2. The van der Waals surface area contributed by atoms with Crippen LogP contribution in [-0.4, -0.2) is 20.5 Å². The van der Waals surface area contributed by atoms with Gasteiger partial charge in [-0.1, -0.05) is 54.1 Å². The molecule has 6 heteroatoms. The Morgan fingerprint density at radius 2 is 1.71 bits per heavy atom. The minimum Gasteiger partial charge on any atom is -0.324 e. The number of nitrogens with one attached hydrogen (secondary N) is 2. The minimum absolute atomic E-state index is 0.121. The van der Waals surface area contributed by atoms with Crippen molar-refractivity contribution in [2.45, 2.75) is 19.5 Å². The van der Waals surface area contributed by atoms with E-state index in [0.29, 0.717) is 6.54 Å². The molecule has 2 aromatic heterocycles. The largest absolute Gasteiger partial charge is 0.324 e. The Bertz CT molecular complexity index is 1070. The highest BCUT2D eigenvalue weighted by Crippen LogP contribution is 2.17. The molecule has 0 aliphatic carbocycles. The Labute approximate surface area is 163 Å². The van der Waals surface area contributed by atoms with Crippen LogP contribution in [0.25, 0.3) is 5.65 Å². The van der Waals surface area contributed by atoms with Crippen molar-refractivity contribution in [3.05, 3.63) is 95.9 Å². The minimum atomic E-state index is -0.515. The first-order valence-corrected chi connectivity index (χ1v) is 9.15. The summed E-state index contributed by atoms with van der Waals surface area (Å²) in [6, 6.07) is 22.7. The fourth-order valence-electron chi connectivity index (χ4n) is 3.06. The number of hydrogen-bond donors (Lipinski definition) is 2. The molecule has 140 valence electrons. The molecule has 2 N–H and O–H groups in total. The third kappa shape index (κ3) is 3.92. The number of fused-ring (bicyclic) bond motifs is 1. The molecule has 0 saturated carbocycles. The normalized spacial score (nSPS) is 12.0. The van der Waals surface area contributed by atoms with Gasteiger partial charge in [-0.25, -0.2) is 0 Å². The number of carbonyl (C=O) groups excluding carboxylic acids is 1. The third-order valence-corrected chi connectivity index (χ3v) is 4.56. The molecule has 1 atom stereocenters. The van der Waals surface area contributed by atoms with Crippen molar-refractivity contribution in [2.24, 2.45) is 0 Å². The van der Waals surface area contributed by atoms with Gasteiger partial charge in [-0.3, -0.25) is 14.5 Å². The number of aryl methyl sites for hydroxylation is 1. The summed E-state index contributed by atoms with van der Waals surface area (Å²) in [5, 5.41) is 14.7. The Hall–Kier alpha value is -3.51. The molecule has 0 bridgehead atoms. The molecular weight excluding hydrogens is 350 g/mol. The Kier molecular flexibility index (Phi) is 5.12. The maximum absolute atomic E-state index is 13.0. The van der Waals surface area contributed by atoms with Crippen molar-refractivity contribution in [1.29, 1.82) is 0 Å². The summed E-state index contributed by atoms with van der Waals surface area (Å²) >= 11 is 0. The smallest absolute Gasteiger partial charge is 0.246 e. The van der Waals surface area contributed by atoms with Crippen LogP contribution in [0, 0.1) is 6.92 Å². The predicted octanol–water partition coefficient (Wildman–Crippen LogP) is 3.51. The van der Waals surface area contributed by atoms with Crippen LogP contribution in [-0.2, 0) is 11.3 Å². The van der Waals surface area contributed by atoms with Gasteiger partial charge in [0.1, 0.15) is 6.04 Å². The van der Waals surface area contributed by atoms with E-state index in [1.807, 2.05) is 90.3 Å². The highest BCUT2D eigenvalue weighted by Gasteiger charge is 2.21. The molecule has 0 radical (unpaired) electrons.